The third-order valence-corrected chi connectivity index (χ3v) is 3.81. The van der Waals surface area contributed by atoms with Gasteiger partial charge >= 0.3 is 6.09 Å². The van der Waals surface area contributed by atoms with Crippen LogP contribution in [-0.2, 0) is 4.74 Å². The SMILES string of the molecule is CC(C)c1ccc(NC2CC(NC(=O)OC(C)(C)C)C2)cc1. The largest absolute Gasteiger partial charge is 0.444 e. The third kappa shape index (κ3) is 4.93. The van der Waals surface area contributed by atoms with Crippen LogP contribution in [0.4, 0.5) is 10.5 Å². The molecule has 1 aromatic rings. The van der Waals surface area contributed by atoms with E-state index in [4.69, 9.17) is 4.74 Å². The first-order valence-corrected chi connectivity index (χ1v) is 8.09. The van der Waals surface area contributed by atoms with Gasteiger partial charge in [0, 0.05) is 17.8 Å². The Balaban J connectivity index is 1.72. The summed E-state index contributed by atoms with van der Waals surface area (Å²) >= 11 is 0. The maximum absolute atomic E-state index is 11.7. The molecule has 0 bridgehead atoms. The van der Waals surface area contributed by atoms with Crippen molar-refractivity contribution >= 4 is 11.8 Å². The molecule has 0 aromatic heterocycles. The molecule has 1 saturated carbocycles. The second-order valence-corrected chi connectivity index (χ2v) is 7.43. The summed E-state index contributed by atoms with van der Waals surface area (Å²) in [7, 11) is 0. The molecule has 0 saturated heterocycles. The number of hydrogen-bond donors (Lipinski definition) is 2. The van der Waals surface area contributed by atoms with Crippen LogP contribution in [0.1, 0.15) is 58.9 Å². The lowest BCUT2D eigenvalue weighted by molar-refractivity contribution is 0.0475. The van der Waals surface area contributed by atoms with E-state index in [1.807, 2.05) is 20.8 Å². The van der Waals surface area contributed by atoms with E-state index in [2.05, 4.69) is 48.7 Å². The molecule has 1 aromatic carbocycles. The van der Waals surface area contributed by atoms with Crippen molar-refractivity contribution in [2.24, 2.45) is 0 Å². The van der Waals surface area contributed by atoms with Gasteiger partial charge in [-0.3, -0.25) is 0 Å². The first kappa shape index (κ1) is 16.7. The second kappa shape index (κ2) is 6.59. The van der Waals surface area contributed by atoms with Crippen LogP contribution in [0.3, 0.4) is 0 Å². The van der Waals surface area contributed by atoms with Crippen molar-refractivity contribution in [3.63, 3.8) is 0 Å². The zero-order chi connectivity index (χ0) is 16.3. The Kier molecular flexibility index (Phi) is 4.99. The van der Waals surface area contributed by atoms with Gasteiger partial charge in [-0.2, -0.15) is 0 Å². The Morgan fingerprint density at radius 2 is 1.73 bits per heavy atom. The van der Waals surface area contributed by atoms with E-state index in [0.29, 0.717) is 12.0 Å². The predicted molar refractivity (Wildman–Crippen MR) is 90.3 cm³/mol. The summed E-state index contributed by atoms with van der Waals surface area (Å²) in [4.78, 5) is 11.7. The highest BCUT2D eigenvalue weighted by molar-refractivity contribution is 5.68. The number of amides is 1. The van der Waals surface area contributed by atoms with E-state index in [1.54, 1.807) is 0 Å². The van der Waals surface area contributed by atoms with Gasteiger partial charge in [-0.15, -0.1) is 0 Å². The van der Waals surface area contributed by atoms with Gasteiger partial charge in [-0.25, -0.2) is 4.79 Å². The van der Waals surface area contributed by atoms with Crippen LogP contribution in [0.5, 0.6) is 0 Å². The van der Waals surface area contributed by atoms with Crippen LogP contribution < -0.4 is 10.6 Å². The van der Waals surface area contributed by atoms with Gasteiger partial charge in [0.25, 0.3) is 0 Å². The van der Waals surface area contributed by atoms with Crippen LogP contribution in [0.15, 0.2) is 24.3 Å². The Morgan fingerprint density at radius 1 is 1.14 bits per heavy atom. The average Bonchev–Trinajstić information content (AvgIpc) is 2.34. The summed E-state index contributed by atoms with van der Waals surface area (Å²) in [6.45, 7) is 10.0. The van der Waals surface area contributed by atoms with Gasteiger partial charge < -0.3 is 15.4 Å². The Labute approximate surface area is 133 Å². The molecule has 1 amide bonds. The van der Waals surface area contributed by atoms with Crippen LogP contribution >= 0.6 is 0 Å². The molecule has 2 rings (SSSR count). The molecule has 122 valence electrons. The van der Waals surface area contributed by atoms with Crippen molar-refractivity contribution in [1.82, 2.24) is 5.32 Å². The molecular weight excluding hydrogens is 276 g/mol. The molecule has 1 aliphatic carbocycles. The number of ether oxygens (including phenoxy) is 1. The molecule has 0 spiro atoms. The molecular formula is C18H28N2O2. The molecule has 2 N–H and O–H groups in total. The Hall–Kier alpha value is -1.71. The number of hydrogen-bond acceptors (Lipinski definition) is 3. The number of rotatable bonds is 4. The zero-order valence-corrected chi connectivity index (χ0v) is 14.3. The molecule has 4 heteroatoms. The number of anilines is 1. The van der Waals surface area contributed by atoms with Gasteiger partial charge in [0.2, 0.25) is 0 Å². The highest BCUT2D eigenvalue weighted by atomic mass is 16.6. The summed E-state index contributed by atoms with van der Waals surface area (Å²) < 4.78 is 5.26. The highest BCUT2D eigenvalue weighted by Crippen LogP contribution is 2.25. The van der Waals surface area contributed by atoms with Gasteiger partial charge in [0.15, 0.2) is 0 Å². The first-order chi connectivity index (χ1) is 10.2. The van der Waals surface area contributed by atoms with Gasteiger partial charge in [-0.1, -0.05) is 26.0 Å². The number of benzene rings is 1. The fourth-order valence-corrected chi connectivity index (χ4v) is 2.53. The summed E-state index contributed by atoms with van der Waals surface area (Å²) in [5.41, 5.74) is 2.05. The fourth-order valence-electron chi connectivity index (χ4n) is 2.53. The van der Waals surface area contributed by atoms with E-state index in [9.17, 15) is 4.79 Å². The lowest BCUT2D eigenvalue weighted by Crippen LogP contribution is -2.50. The summed E-state index contributed by atoms with van der Waals surface area (Å²) in [6.07, 6.45) is 1.55. The van der Waals surface area contributed by atoms with Crippen molar-refractivity contribution in [1.29, 1.82) is 0 Å². The van der Waals surface area contributed by atoms with Crippen LogP contribution in [0, 0.1) is 0 Å². The minimum atomic E-state index is -0.441. The smallest absolute Gasteiger partial charge is 0.407 e. The summed E-state index contributed by atoms with van der Waals surface area (Å²) in [5.74, 6) is 0.556. The molecule has 1 fully saturated rings. The van der Waals surface area contributed by atoms with Crippen LogP contribution in [-0.4, -0.2) is 23.8 Å². The molecule has 4 nitrogen and oxygen atoms in total. The standard InChI is InChI=1S/C18H28N2O2/c1-12(2)13-6-8-14(9-7-13)19-15-10-16(11-15)20-17(21)22-18(3,4)5/h6-9,12,15-16,19H,10-11H2,1-5H3,(H,20,21). The first-order valence-electron chi connectivity index (χ1n) is 8.09. The number of nitrogens with one attached hydrogen (secondary N) is 2. The Morgan fingerprint density at radius 3 is 2.23 bits per heavy atom. The van der Waals surface area contributed by atoms with Crippen LogP contribution in [0.2, 0.25) is 0 Å². The summed E-state index contributed by atoms with van der Waals surface area (Å²) in [6, 6.07) is 9.23. The molecule has 0 aliphatic heterocycles. The van der Waals surface area contributed by atoms with Gasteiger partial charge in [0.1, 0.15) is 5.60 Å². The van der Waals surface area contributed by atoms with Gasteiger partial charge in [0.05, 0.1) is 0 Å². The van der Waals surface area contributed by atoms with E-state index in [0.717, 1.165) is 18.5 Å². The molecule has 1 aliphatic rings. The van der Waals surface area contributed by atoms with E-state index >= 15 is 0 Å². The monoisotopic (exact) mass is 304 g/mol. The average molecular weight is 304 g/mol. The highest BCUT2D eigenvalue weighted by Gasteiger charge is 2.31. The molecule has 0 unspecified atom stereocenters. The van der Waals surface area contributed by atoms with Crippen molar-refractivity contribution in [2.75, 3.05) is 5.32 Å². The van der Waals surface area contributed by atoms with Gasteiger partial charge in [-0.05, 0) is 57.2 Å². The predicted octanol–water partition coefficient (Wildman–Crippen LogP) is 4.28. The molecule has 0 atom stereocenters. The maximum Gasteiger partial charge on any atom is 0.407 e. The minimum Gasteiger partial charge on any atom is -0.444 e. The topological polar surface area (TPSA) is 50.4 Å². The van der Waals surface area contributed by atoms with Crippen molar-refractivity contribution in [3.8, 4) is 0 Å². The normalized spacial score (nSPS) is 21.2. The lowest BCUT2D eigenvalue weighted by atomic mass is 9.86. The third-order valence-electron chi connectivity index (χ3n) is 3.81. The molecule has 0 radical (unpaired) electrons. The van der Waals surface area contributed by atoms with E-state index < -0.39 is 5.60 Å². The molecule has 0 heterocycles. The number of carbonyl (C=O) groups excluding carboxylic acids is 1. The number of carbonyl (C=O) groups is 1. The summed E-state index contributed by atoms with van der Waals surface area (Å²) in [5, 5.41) is 6.42. The minimum absolute atomic E-state index is 0.210. The van der Waals surface area contributed by atoms with E-state index in [1.165, 1.54) is 5.56 Å². The maximum atomic E-state index is 11.7. The zero-order valence-electron chi connectivity index (χ0n) is 14.3. The molecule has 22 heavy (non-hydrogen) atoms. The van der Waals surface area contributed by atoms with E-state index in [-0.39, 0.29) is 12.1 Å². The number of alkyl carbamates (subject to hydrolysis) is 1. The Bertz CT molecular complexity index is 497. The fraction of sp³-hybridized carbons (Fsp3) is 0.611. The van der Waals surface area contributed by atoms with Crippen molar-refractivity contribution in [2.45, 2.75) is 71.1 Å². The van der Waals surface area contributed by atoms with Crippen LogP contribution in [0.25, 0.3) is 0 Å². The van der Waals surface area contributed by atoms with Crippen molar-refractivity contribution < 1.29 is 9.53 Å². The second-order valence-electron chi connectivity index (χ2n) is 7.43. The van der Waals surface area contributed by atoms with Crippen molar-refractivity contribution in [3.05, 3.63) is 29.8 Å². The lowest BCUT2D eigenvalue weighted by Gasteiger charge is -2.37. The quantitative estimate of drug-likeness (QED) is 0.873.